The van der Waals surface area contributed by atoms with Crippen molar-refractivity contribution in [3.63, 3.8) is 0 Å². The minimum absolute atomic E-state index is 0.0426. The molecule has 0 aliphatic rings. The van der Waals surface area contributed by atoms with Crippen LogP contribution in [0.25, 0.3) is 0 Å². The van der Waals surface area contributed by atoms with Gasteiger partial charge in [0.15, 0.2) is 5.75 Å². The number of ether oxygens (including phenoxy) is 1. The van der Waals surface area contributed by atoms with E-state index in [9.17, 15) is 10.1 Å². The maximum Gasteiger partial charge on any atom is 0.310 e. The molecule has 0 spiro atoms. The number of tetrazole rings is 1. The van der Waals surface area contributed by atoms with Crippen LogP contribution in [0.2, 0.25) is 0 Å². The van der Waals surface area contributed by atoms with Crippen LogP contribution < -0.4 is 4.74 Å². The SMILES string of the molecule is CCOc1cc(Cn2nnnc2C)ccc1[N+](=O)[O-]. The molecule has 0 N–H and O–H groups in total. The number of hydrogen-bond acceptors (Lipinski definition) is 6. The van der Waals surface area contributed by atoms with Crippen molar-refractivity contribution in [3.05, 3.63) is 39.7 Å². The van der Waals surface area contributed by atoms with E-state index in [1.165, 1.54) is 6.07 Å². The molecule has 0 fully saturated rings. The summed E-state index contributed by atoms with van der Waals surface area (Å²) in [4.78, 5) is 10.4. The lowest BCUT2D eigenvalue weighted by Crippen LogP contribution is -2.05. The normalized spacial score (nSPS) is 10.4. The zero-order valence-electron chi connectivity index (χ0n) is 10.6. The van der Waals surface area contributed by atoms with Gasteiger partial charge in [-0.25, -0.2) is 4.68 Å². The summed E-state index contributed by atoms with van der Waals surface area (Å²) in [7, 11) is 0. The minimum atomic E-state index is -0.461. The van der Waals surface area contributed by atoms with Crippen LogP contribution in [-0.2, 0) is 6.54 Å². The molecular weight excluding hydrogens is 250 g/mol. The van der Waals surface area contributed by atoms with E-state index in [-0.39, 0.29) is 11.4 Å². The maximum atomic E-state index is 10.9. The molecule has 1 heterocycles. The monoisotopic (exact) mass is 263 g/mol. The highest BCUT2D eigenvalue weighted by Crippen LogP contribution is 2.28. The topological polar surface area (TPSA) is 96.0 Å². The van der Waals surface area contributed by atoms with E-state index in [0.717, 1.165) is 5.56 Å². The molecule has 0 aliphatic heterocycles. The fraction of sp³-hybridized carbons (Fsp3) is 0.364. The number of aromatic nitrogens is 4. The Bertz CT molecular complexity index is 596. The van der Waals surface area contributed by atoms with Gasteiger partial charge in [-0.3, -0.25) is 10.1 Å². The van der Waals surface area contributed by atoms with Gasteiger partial charge in [-0.2, -0.15) is 0 Å². The molecule has 0 saturated heterocycles. The van der Waals surface area contributed by atoms with Gasteiger partial charge in [-0.05, 0) is 35.9 Å². The second-order valence-electron chi connectivity index (χ2n) is 3.88. The average Bonchev–Trinajstić information content (AvgIpc) is 2.75. The van der Waals surface area contributed by atoms with E-state index < -0.39 is 4.92 Å². The van der Waals surface area contributed by atoms with Crippen LogP contribution in [0.3, 0.4) is 0 Å². The van der Waals surface area contributed by atoms with Gasteiger partial charge in [-0.15, -0.1) is 5.10 Å². The third kappa shape index (κ3) is 2.84. The summed E-state index contributed by atoms with van der Waals surface area (Å²) in [6, 6.07) is 4.74. The lowest BCUT2D eigenvalue weighted by atomic mass is 10.2. The number of aryl methyl sites for hydroxylation is 1. The first kappa shape index (κ1) is 12.9. The van der Waals surface area contributed by atoms with Gasteiger partial charge >= 0.3 is 5.69 Å². The Morgan fingerprint density at radius 1 is 1.47 bits per heavy atom. The third-order valence-electron chi connectivity index (χ3n) is 2.56. The molecule has 1 aromatic heterocycles. The second kappa shape index (κ2) is 5.42. The smallest absolute Gasteiger partial charge is 0.310 e. The highest BCUT2D eigenvalue weighted by atomic mass is 16.6. The van der Waals surface area contributed by atoms with Gasteiger partial charge in [0, 0.05) is 6.07 Å². The summed E-state index contributed by atoms with van der Waals surface area (Å²) in [5, 5.41) is 22.0. The highest BCUT2D eigenvalue weighted by molar-refractivity contribution is 5.48. The van der Waals surface area contributed by atoms with E-state index in [0.29, 0.717) is 19.0 Å². The van der Waals surface area contributed by atoms with Crippen LogP contribution in [0.4, 0.5) is 5.69 Å². The molecule has 0 atom stereocenters. The van der Waals surface area contributed by atoms with Gasteiger partial charge in [0.2, 0.25) is 0 Å². The van der Waals surface area contributed by atoms with Crippen LogP contribution in [0, 0.1) is 17.0 Å². The van der Waals surface area contributed by atoms with Crippen molar-refractivity contribution in [1.29, 1.82) is 0 Å². The van der Waals surface area contributed by atoms with Gasteiger partial charge in [-0.1, -0.05) is 6.07 Å². The zero-order chi connectivity index (χ0) is 13.8. The van der Waals surface area contributed by atoms with Crippen LogP contribution in [0.5, 0.6) is 5.75 Å². The molecule has 0 radical (unpaired) electrons. The van der Waals surface area contributed by atoms with E-state index >= 15 is 0 Å². The molecule has 0 amide bonds. The van der Waals surface area contributed by atoms with Crippen molar-refractivity contribution >= 4 is 5.69 Å². The van der Waals surface area contributed by atoms with Crippen molar-refractivity contribution in [1.82, 2.24) is 20.2 Å². The fourth-order valence-electron chi connectivity index (χ4n) is 1.65. The van der Waals surface area contributed by atoms with Gasteiger partial charge < -0.3 is 4.74 Å². The van der Waals surface area contributed by atoms with Crippen molar-refractivity contribution < 1.29 is 9.66 Å². The number of nitro groups is 1. The first-order valence-electron chi connectivity index (χ1n) is 5.74. The lowest BCUT2D eigenvalue weighted by Gasteiger charge is -2.07. The Kier molecular flexibility index (Phi) is 3.69. The summed E-state index contributed by atoms with van der Waals surface area (Å²) in [6.45, 7) is 4.38. The number of benzene rings is 1. The number of rotatable bonds is 5. The number of nitro benzene ring substituents is 1. The first-order chi connectivity index (χ1) is 9.11. The average molecular weight is 263 g/mol. The van der Waals surface area contributed by atoms with Crippen LogP contribution in [-0.4, -0.2) is 31.7 Å². The Morgan fingerprint density at radius 2 is 2.26 bits per heavy atom. The fourth-order valence-corrected chi connectivity index (χ4v) is 1.65. The molecule has 19 heavy (non-hydrogen) atoms. The lowest BCUT2D eigenvalue weighted by molar-refractivity contribution is -0.385. The molecule has 2 rings (SSSR count). The molecule has 0 aliphatic carbocycles. The molecule has 0 unspecified atom stereocenters. The Labute approximate surface area is 109 Å². The van der Waals surface area contributed by atoms with E-state index in [1.807, 2.05) is 0 Å². The summed E-state index contributed by atoms with van der Waals surface area (Å²) >= 11 is 0. The summed E-state index contributed by atoms with van der Waals surface area (Å²) < 4.78 is 6.89. The van der Waals surface area contributed by atoms with Gasteiger partial charge in [0.1, 0.15) is 5.82 Å². The predicted octanol–water partition coefficient (Wildman–Crippen LogP) is 1.34. The first-order valence-corrected chi connectivity index (χ1v) is 5.74. The van der Waals surface area contributed by atoms with Gasteiger partial charge in [0.05, 0.1) is 18.1 Å². The molecule has 2 aromatic rings. The number of nitrogens with zero attached hydrogens (tertiary/aromatic N) is 5. The van der Waals surface area contributed by atoms with E-state index in [2.05, 4.69) is 15.5 Å². The van der Waals surface area contributed by atoms with Crippen LogP contribution >= 0.6 is 0 Å². The minimum Gasteiger partial charge on any atom is -0.487 e. The molecule has 100 valence electrons. The summed E-state index contributed by atoms with van der Waals surface area (Å²) in [5.74, 6) is 0.937. The predicted molar refractivity (Wildman–Crippen MR) is 65.9 cm³/mol. The van der Waals surface area contributed by atoms with Crippen molar-refractivity contribution in [2.75, 3.05) is 6.61 Å². The van der Waals surface area contributed by atoms with Crippen molar-refractivity contribution in [3.8, 4) is 5.75 Å². The second-order valence-corrected chi connectivity index (χ2v) is 3.88. The van der Waals surface area contributed by atoms with Crippen molar-refractivity contribution in [2.45, 2.75) is 20.4 Å². The Balaban J connectivity index is 2.30. The quantitative estimate of drug-likeness (QED) is 0.596. The largest absolute Gasteiger partial charge is 0.487 e. The molecule has 0 bridgehead atoms. The molecule has 0 saturated carbocycles. The third-order valence-corrected chi connectivity index (χ3v) is 2.56. The van der Waals surface area contributed by atoms with E-state index in [1.54, 1.807) is 30.7 Å². The standard InChI is InChI=1S/C11H13N5O3/c1-3-19-11-6-9(4-5-10(11)16(17)18)7-15-8(2)12-13-14-15/h4-6H,3,7H2,1-2H3. The van der Waals surface area contributed by atoms with Crippen LogP contribution in [0.1, 0.15) is 18.3 Å². The molecular formula is C11H13N5O3. The number of hydrogen-bond donors (Lipinski definition) is 0. The van der Waals surface area contributed by atoms with Gasteiger partial charge in [0.25, 0.3) is 0 Å². The molecule has 8 heteroatoms. The van der Waals surface area contributed by atoms with Crippen molar-refractivity contribution in [2.24, 2.45) is 0 Å². The Hall–Kier alpha value is -2.51. The highest BCUT2D eigenvalue weighted by Gasteiger charge is 2.15. The Morgan fingerprint density at radius 3 is 2.84 bits per heavy atom. The zero-order valence-corrected chi connectivity index (χ0v) is 10.6. The molecule has 1 aromatic carbocycles. The maximum absolute atomic E-state index is 10.9. The summed E-state index contributed by atoms with van der Waals surface area (Å²) in [6.07, 6.45) is 0. The molecule has 8 nitrogen and oxygen atoms in total. The van der Waals surface area contributed by atoms with Crippen LogP contribution in [0.15, 0.2) is 18.2 Å². The summed E-state index contributed by atoms with van der Waals surface area (Å²) in [5.41, 5.74) is 0.795. The van der Waals surface area contributed by atoms with E-state index in [4.69, 9.17) is 4.74 Å².